The highest BCUT2D eigenvalue weighted by Crippen LogP contribution is 2.44. The van der Waals surface area contributed by atoms with Crippen molar-refractivity contribution in [3.63, 3.8) is 0 Å². The molecular formula is C21H24F2N4O2S2. The van der Waals surface area contributed by atoms with Gasteiger partial charge in [-0.1, -0.05) is 17.8 Å². The zero-order chi connectivity index (χ0) is 21.8. The summed E-state index contributed by atoms with van der Waals surface area (Å²) in [6, 6.07) is 4.08. The number of hydrogen-bond donors (Lipinski definition) is 2. The molecule has 31 heavy (non-hydrogen) atoms. The molecule has 5 rings (SSSR count). The Bertz CT molecular complexity index is 1070. The molecule has 1 aromatic carbocycles. The van der Waals surface area contributed by atoms with Crippen molar-refractivity contribution < 1.29 is 18.6 Å². The minimum atomic E-state index is -3.77. The number of benzene rings is 1. The van der Waals surface area contributed by atoms with Gasteiger partial charge in [0.2, 0.25) is 0 Å². The standard InChI is InChI=1S/C21H24F2N4O2S2/c1-20(2,28)21(22,23)29-15-7-6-14(18-24-8-9-30-18)17-16(15)26-19(31-17)27-10-12-4-3-5-13(11-27)25-12/h6-9,12-13,25,28H,3-5,10-11H2,1-2H3. The number of piperidine rings is 1. The lowest BCUT2D eigenvalue weighted by molar-refractivity contribution is -0.275. The lowest BCUT2D eigenvalue weighted by atomic mass is 9.94. The van der Waals surface area contributed by atoms with E-state index < -0.39 is 11.7 Å². The van der Waals surface area contributed by atoms with E-state index >= 15 is 0 Å². The zero-order valence-corrected chi connectivity index (χ0v) is 18.9. The van der Waals surface area contributed by atoms with E-state index in [-0.39, 0.29) is 5.75 Å². The summed E-state index contributed by atoms with van der Waals surface area (Å²) in [5, 5.41) is 17.0. The monoisotopic (exact) mass is 466 g/mol. The van der Waals surface area contributed by atoms with Crippen LogP contribution in [0.3, 0.4) is 0 Å². The number of nitrogens with one attached hydrogen (secondary N) is 1. The van der Waals surface area contributed by atoms with E-state index in [2.05, 4.69) is 15.2 Å². The first-order valence-corrected chi connectivity index (χ1v) is 12.0. The molecule has 10 heteroatoms. The number of hydrogen-bond acceptors (Lipinski definition) is 8. The van der Waals surface area contributed by atoms with E-state index in [0.717, 1.165) is 60.2 Å². The van der Waals surface area contributed by atoms with Gasteiger partial charge in [-0.2, -0.15) is 8.78 Å². The number of aliphatic hydroxyl groups is 1. The van der Waals surface area contributed by atoms with Crippen LogP contribution in [0.15, 0.2) is 23.7 Å². The van der Waals surface area contributed by atoms with Gasteiger partial charge in [-0.15, -0.1) is 11.3 Å². The number of anilines is 1. The maximum atomic E-state index is 14.5. The molecule has 2 fully saturated rings. The first kappa shape index (κ1) is 21.0. The average Bonchev–Trinajstić information content (AvgIpc) is 3.37. The summed E-state index contributed by atoms with van der Waals surface area (Å²) in [5.74, 6) is -0.0414. The molecule has 2 aliphatic heterocycles. The highest BCUT2D eigenvalue weighted by atomic mass is 32.1. The normalized spacial score (nSPS) is 22.2. The summed E-state index contributed by atoms with van der Waals surface area (Å²) < 4.78 is 34.8. The number of aromatic nitrogens is 2. The van der Waals surface area contributed by atoms with Crippen LogP contribution in [0.5, 0.6) is 5.75 Å². The molecule has 0 amide bonds. The summed E-state index contributed by atoms with van der Waals surface area (Å²) in [6.07, 6.45) is 1.45. The minimum Gasteiger partial charge on any atom is -0.428 e. The Labute approximate surface area is 186 Å². The largest absolute Gasteiger partial charge is 0.428 e. The number of rotatable bonds is 5. The van der Waals surface area contributed by atoms with Gasteiger partial charge >= 0.3 is 6.11 Å². The second-order valence-corrected chi connectivity index (χ2v) is 10.6. The molecule has 2 aromatic heterocycles. The number of alkyl halides is 2. The Hall–Kier alpha value is -1.88. The topological polar surface area (TPSA) is 70.5 Å². The maximum Gasteiger partial charge on any atom is 0.426 e. The lowest BCUT2D eigenvalue weighted by Gasteiger charge is -2.42. The summed E-state index contributed by atoms with van der Waals surface area (Å²) in [7, 11) is 0. The molecule has 2 saturated heterocycles. The molecule has 3 aromatic rings. The summed E-state index contributed by atoms with van der Waals surface area (Å²) in [6.45, 7) is 3.75. The third kappa shape index (κ3) is 3.90. The summed E-state index contributed by atoms with van der Waals surface area (Å²) in [5.41, 5.74) is -1.11. The molecule has 166 valence electrons. The van der Waals surface area contributed by atoms with Gasteiger partial charge in [-0.25, -0.2) is 9.97 Å². The second-order valence-electron chi connectivity index (χ2n) is 8.70. The van der Waals surface area contributed by atoms with E-state index in [1.807, 2.05) is 5.38 Å². The van der Waals surface area contributed by atoms with Crippen LogP contribution in [0.4, 0.5) is 13.9 Å². The van der Waals surface area contributed by atoms with Crippen LogP contribution in [0.25, 0.3) is 20.8 Å². The fraction of sp³-hybridized carbons (Fsp3) is 0.524. The quantitative estimate of drug-likeness (QED) is 0.577. The second kappa shape index (κ2) is 7.61. The van der Waals surface area contributed by atoms with Crippen LogP contribution in [-0.2, 0) is 0 Å². The molecule has 0 radical (unpaired) electrons. The Morgan fingerprint density at radius 3 is 2.61 bits per heavy atom. The van der Waals surface area contributed by atoms with Crippen LogP contribution in [0.2, 0.25) is 0 Å². The summed E-state index contributed by atoms with van der Waals surface area (Å²) >= 11 is 2.97. The van der Waals surface area contributed by atoms with Gasteiger partial charge in [0.25, 0.3) is 0 Å². The molecule has 2 atom stereocenters. The Kier molecular flexibility index (Phi) is 5.16. The molecule has 0 spiro atoms. The van der Waals surface area contributed by atoms with Crippen molar-refractivity contribution in [2.24, 2.45) is 0 Å². The molecular weight excluding hydrogens is 442 g/mol. The highest BCUT2D eigenvalue weighted by Gasteiger charge is 2.49. The van der Waals surface area contributed by atoms with E-state index in [4.69, 9.17) is 9.72 Å². The molecule has 0 saturated carbocycles. The lowest BCUT2D eigenvalue weighted by Crippen LogP contribution is -2.58. The van der Waals surface area contributed by atoms with Crippen LogP contribution < -0.4 is 15.0 Å². The smallest absolute Gasteiger partial charge is 0.426 e. The molecule has 0 aliphatic carbocycles. The van der Waals surface area contributed by atoms with Crippen molar-refractivity contribution in [3.05, 3.63) is 23.7 Å². The third-order valence-electron chi connectivity index (χ3n) is 5.84. The number of ether oxygens (including phenoxy) is 1. The van der Waals surface area contributed by atoms with Gasteiger partial charge in [0.05, 0.1) is 4.70 Å². The van der Waals surface area contributed by atoms with Gasteiger partial charge in [0.1, 0.15) is 10.5 Å². The van der Waals surface area contributed by atoms with Gasteiger partial charge in [0, 0.05) is 42.3 Å². The van der Waals surface area contributed by atoms with Crippen molar-refractivity contribution in [2.75, 3.05) is 18.0 Å². The van der Waals surface area contributed by atoms with Crippen molar-refractivity contribution >= 4 is 38.0 Å². The SMILES string of the molecule is CC(C)(O)C(F)(F)Oc1ccc(-c2nccs2)c2sc(N3CC4CCCC(C3)N4)nc12. The Morgan fingerprint density at radius 2 is 1.97 bits per heavy atom. The van der Waals surface area contributed by atoms with Crippen LogP contribution in [-0.4, -0.2) is 52.0 Å². The average molecular weight is 467 g/mol. The van der Waals surface area contributed by atoms with Crippen molar-refractivity contribution in [1.29, 1.82) is 0 Å². The predicted octanol–water partition coefficient (Wildman–Crippen LogP) is 4.49. The van der Waals surface area contributed by atoms with Gasteiger partial charge < -0.3 is 20.1 Å². The van der Waals surface area contributed by atoms with Crippen LogP contribution in [0.1, 0.15) is 33.1 Å². The van der Waals surface area contributed by atoms with Crippen LogP contribution in [0, 0.1) is 0 Å². The molecule has 2 aliphatic rings. The number of piperazine rings is 1. The van der Waals surface area contributed by atoms with E-state index in [0.29, 0.717) is 17.6 Å². The van der Waals surface area contributed by atoms with Gasteiger partial charge in [-0.3, -0.25) is 0 Å². The van der Waals surface area contributed by atoms with E-state index in [1.165, 1.54) is 35.2 Å². The Balaban J connectivity index is 1.58. The van der Waals surface area contributed by atoms with E-state index in [1.54, 1.807) is 12.3 Å². The first-order chi connectivity index (χ1) is 14.7. The number of halogens is 2. The van der Waals surface area contributed by atoms with Crippen molar-refractivity contribution in [2.45, 2.75) is 56.9 Å². The molecule has 2 N–H and O–H groups in total. The number of fused-ring (bicyclic) bond motifs is 3. The zero-order valence-electron chi connectivity index (χ0n) is 17.3. The molecule has 2 bridgehead atoms. The van der Waals surface area contributed by atoms with Gasteiger partial charge in [0.15, 0.2) is 16.5 Å². The number of thiazole rings is 2. The highest BCUT2D eigenvalue weighted by molar-refractivity contribution is 7.23. The van der Waals surface area contributed by atoms with Crippen molar-refractivity contribution in [3.8, 4) is 16.3 Å². The molecule has 6 nitrogen and oxygen atoms in total. The number of nitrogens with zero attached hydrogens (tertiary/aromatic N) is 3. The molecule has 2 unspecified atom stereocenters. The van der Waals surface area contributed by atoms with Gasteiger partial charge in [-0.05, 0) is 38.8 Å². The Morgan fingerprint density at radius 1 is 1.23 bits per heavy atom. The first-order valence-electron chi connectivity index (χ1n) is 10.3. The maximum absolute atomic E-state index is 14.5. The fourth-order valence-electron chi connectivity index (χ4n) is 4.14. The summed E-state index contributed by atoms with van der Waals surface area (Å²) in [4.78, 5) is 11.4. The van der Waals surface area contributed by atoms with Crippen molar-refractivity contribution in [1.82, 2.24) is 15.3 Å². The minimum absolute atomic E-state index is 0.0414. The van der Waals surface area contributed by atoms with Crippen LogP contribution >= 0.6 is 22.7 Å². The van der Waals surface area contributed by atoms with E-state index in [9.17, 15) is 13.9 Å². The predicted molar refractivity (Wildman–Crippen MR) is 119 cm³/mol. The molecule has 4 heterocycles. The fourth-order valence-corrected chi connectivity index (χ4v) is 5.99. The third-order valence-corrected chi connectivity index (χ3v) is 7.79.